The van der Waals surface area contributed by atoms with Gasteiger partial charge >= 0.3 is 11.9 Å². The van der Waals surface area contributed by atoms with Crippen LogP contribution >= 0.6 is 0 Å². The summed E-state index contributed by atoms with van der Waals surface area (Å²) >= 11 is 0. The molecule has 0 N–H and O–H groups in total. The summed E-state index contributed by atoms with van der Waals surface area (Å²) in [5.41, 5.74) is -0.537. The minimum Gasteiger partial charge on any atom is -0.493 e. The number of halogens is 3. The highest BCUT2D eigenvalue weighted by Crippen LogP contribution is 2.29. The Labute approximate surface area is 215 Å². The maximum atomic E-state index is 14.2. The van der Waals surface area contributed by atoms with Crippen LogP contribution in [0, 0.1) is 17.6 Å². The zero-order chi connectivity index (χ0) is 26.8. The van der Waals surface area contributed by atoms with E-state index < -0.39 is 35.3 Å². The number of rotatable bonds is 12. The number of benzene rings is 2. The number of esters is 2. The first kappa shape index (κ1) is 28.3. The van der Waals surface area contributed by atoms with Crippen molar-refractivity contribution in [3.8, 4) is 17.2 Å². The van der Waals surface area contributed by atoms with Crippen LogP contribution in [0.15, 0.2) is 36.4 Å². The van der Waals surface area contributed by atoms with Gasteiger partial charge in [-0.25, -0.2) is 18.4 Å². The van der Waals surface area contributed by atoms with E-state index in [1.54, 1.807) is 19.1 Å². The van der Waals surface area contributed by atoms with Crippen LogP contribution in [0.2, 0.25) is 0 Å². The van der Waals surface area contributed by atoms with E-state index in [1.807, 2.05) is 6.92 Å². The van der Waals surface area contributed by atoms with Crippen molar-refractivity contribution in [3.05, 3.63) is 53.6 Å². The van der Waals surface area contributed by atoms with Crippen molar-refractivity contribution in [2.45, 2.75) is 71.1 Å². The monoisotopic (exact) mass is 522 g/mol. The molecule has 0 heterocycles. The minimum absolute atomic E-state index is 0.151. The Morgan fingerprint density at radius 2 is 1.59 bits per heavy atom. The lowest BCUT2D eigenvalue weighted by atomic mass is 9.88. The molecule has 0 spiro atoms. The van der Waals surface area contributed by atoms with Gasteiger partial charge in [-0.3, -0.25) is 0 Å². The molecule has 3 rings (SSSR count). The molecule has 1 aliphatic carbocycles. The van der Waals surface area contributed by atoms with E-state index in [1.165, 1.54) is 18.2 Å². The summed E-state index contributed by atoms with van der Waals surface area (Å²) < 4.78 is 63.4. The molecule has 202 valence electrons. The van der Waals surface area contributed by atoms with Gasteiger partial charge < -0.3 is 18.9 Å². The van der Waals surface area contributed by atoms with Crippen LogP contribution in [0.4, 0.5) is 13.2 Å². The number of unbranched alkanes of at least 4 members (excludes halogenated alkanes) is 1. The Hall–Kier alpha value is -3.23. The highest BCUT2D eigenvalue weighted by Gasteiger charge is 2.27. The topological polar surface area (TPSA) is 71.1 Å². The SMILES string of the molecule is CCCC[C@H](F)C(=O)O[C@H]1CC[C@H](COc2ccc(OC(=O)c3ccc(OCC)c(F)c3F)cc2)CC1. The van der Waals surface area contributed by atoms with Gasteiger partial charge in [0.2, 0.25) is 5.82 Å². The van der Waals surface area contributed by atoms with Crippen molar-refractivity contribution >= 4 is 11.9 Å². The third-order valence-electron chi connectivity index (χ3n) is 6.23. The Balaban J connectivity index is 1.43. The largest absolute Gasteiger partial charge is 0.493 e. The first-order chi connectivity index (χ1) is 17.8. The molecule has 0 unspecified atom stereocenters. The van der Waals surface area contributed by atoms with Crippen molar-refractivity contribution in [2.24, 2.45) is 5.92 Å². The molecule has 6 nitrogen and oxygen atoms in total. The minimum atomic E-state index is -1.55. The molecule has 1 saturated carbocycles. The lowest BCUT2D eigenvalue weighted by Crippen LogP contribution is -2.30. The van der Waals surface area contributed by atoms with Gasteiger partial charge in [0.1, 0.15) is 17.6 Å². The van der Waals surface area contributed by atoms with Gasteiger partial charge in [0, 0.05) is 0 Å². The highest BCUT2D eigenvalue weighted by molar-refractivity contribution is 5.91. The Morgan fingerprint density at radius 3 is 2.24 bits per heavy atom. The third-order valence-corrected chi connectivity index (χ3v) is 6.23. The molecule has 1 atom stereocenters. The molecule has 1 aliphatic rings. The van der Waals surface area contributed by atoms with Crippen molar-refractivity contribution < 1.29 is 41.7 Å². The summed E-state index contributed by atoms with van der Waals surface area (Å²) in [5, 5.41) is 0. The summed E-state index contributed by atoms with van der Waals surface area (Å²) in [6, 6.07) is 8.52. The molecular formula is C28H33F3O6. The van der Waals surface area contributed by atoms with Crippen LogP contribution in [-0.4, -0.2) is 37.4 Å². The second kappa shape index (κ2) is 13.9. The first-order valence-electron chi connectivity index (χ1n) is 12.7. The van der Waals surface area contributed by atoms with Gasteiger partial charge in [-0.1, -0.05) is 19.8 Å². The van der Waals surface area contributed by atoms with Crippen molar-refractivity contribution in [1.82, 2.24) is 0 Å². The summed E-state index contributed by atoms with van der Waals surface area (Å²) in [4.78, 5) is 24.2. The van der Waals surface area contributed by atoms with E-state index >= 15 is 0 Å². The van der Waals surface area contributed by atoms with Gasteiger partial charge in [-0.05, 0) is 81.3 Å². The number of carbonyl (C=O) groups is 2. The Morgan fingerprint density at radius 1 is 0.919 bits per heavy atom. The van der Waals surface area contributed by atoms with E-state index in [0.717, 1.165) is 25.3 Å². The van der Waals surface area contributed by atoms with Crippen LogP contribution in [0.1, 0.15) is 69.2 Å². The van der Waals surface area contributed by atoms with E-state index in [-0.39, 0.29) is 36.5 Å². The van der Waals surface area contributed by atoms with Crippen LogP contribution < -0.4 is 14.2 Å². The number of carbonyl (C=O) groups excluding carboxylic acids is 2. The van der Waals surface area contributed by atoms with Gasteiger partial charge in [0.25, 0.3) is 0 Å². The van der Waals surface area contributed by atoms with Gasteiger partial charge in [0.05, 0.1) is 18.8 Å². The molecule has 2 aromatic carbocycles. The maximum absolute atomic E-state index is 14.2. The molecule has 1 fully saturated rings. The lowest BCUT2D eigenvalue weighted by Gasteiger charge is -2.28. The molecule has 0 radical (unpaired) electrons. The predicted molar refractivity (Wildman–Crippen MR) is 131 cm³/mol. The molecule has 0 amide bonds. The number of alkyl halides is 1. The molecule has 0 aromatic heterocycles. The highest BCUT2D eigenvalue weighted by atomic mass is 19.2. The Kier molecular flexibility index (Phi) is 10.7. The van der Waals surface area contributed by atoms with Crippen LogP contribution in [0.3, 0.4) is 0 Å². The van der Waals surface area contributed by atoms with Crippen LogP contribution in [-0.2, 0) is 9.53 Å². The summed E-state index contributed by atoms with van der Waals surface area (Å²) in [7, 11) is 0. The molecule has 9 heteroatoms. The fourth-order valence-corrected chi connectivity index (χ4v) is 4.09. The van der Waals surface area contributed by atoms with Crippen molar-refractivity contribution in [1.29, 1.82) is 0 Å². The van der Waals surface area contributed by atoms with Crippen LogP contribution in [0.5, 0.6) is 17.2 Å². The van der Waals surface area contributed by atoms with E-state index in [9.17, 15) is 22.8 Å². The molecule has 2 aromatic rings. The first-order valence-corrected chi connectivity index (χ1v) is 12.7. The Bertz CT molecular complexity index is 1030. The standard InChI is InChI=1S/C28H33F3O6/c1-3-5-6-23(29)28(33)37-20-9-7-18(8-10-20)17-35-19-11-13-21(14-12-19)36-27(32)22-15-16-24(34-4-2)26(31)25(22)30/h11-16,18,20,23H,3-10,17H2,1-2H3/t18-,20-,23-/m0/s1. The fraction of sp³-hybridized carbons (Fsp3) is 0.500. The summed E-state index contributed by atoms with van der Waals surface area (Å²) in [6.07, 6.45) is 2.80. The maximum Gasteiger partial charge on any atom is 0.346 e. The molecule has 0 saturated heterocycles. The quantitative estimate of drug-likeness (QED) is 0.231. The fourth-order valence-electron chi connectivity index (χ4n) is 4.09. The normalized spacial score (nSPS) is 18.1. The zero-order valence-corrected chi connectivity index (χ0v) is 21.1. The zero-order valence-electron chi connectivity index (χ0n) is 21.1. The average molecular weight is 523 g/mol. The summed E-state index contributed by atoms with van der Waals surface area (Å²) in [5.74, 6) is -3.66. The second-order valence-electron chi connectivity index (χ2n) is 9.03. The summed E-state index contributed by atoms with van der Waals surface area (Å²) in [6.45, 7) is 4.19. The molecule has 0 aliphatic heterocycles. The van der Waals surface area contributed by atoms with Crippen molar-refractivity contribution in [2.75, 3.05) is 13.2 Å². The predicted octanol–water partition coefficient (Wildman–Crippen LogP) is 6.59. The smallest absolute Gasteiger partial charge is 0.346 e. The number of hydrogen-bond acceptors (Lipinski definition) is 6. The van der Waals surface area contributed by atoms with Gasteiger partial charge in [0.15, 0.2) is 17.7 Å². The lowest BCUT2D eigenvalue weighted by molar-refractivity contribution is -0.157. The van der Waals surface area contributed by atoms with E-state index in [4.69, 9.17) is 18.9 Å². The molecular weight excluding hydrogens is 489 g/mol. The molecule has 37 heavy (non-hydrogen) atoms. The number of hydrogen-bond donors (Lipinski definition) is 0. The second-order valence-corrected chi connectivity index (χ2v) is 9.03. The number of ether oxygens (including phenoxy) is 4. The van der Waals surface area contributed by atoms with Gasteiger partial charge in [-0.2, -0.15) is 4.39 Å². The average Bonchev–Trinajstić information content (AvgIpc) is 2.90. The van der Waals surface area contributed by atoms with E-state index in [0.29, 0.717) is 31.6 Å². The van der Waals surface area contributed by atoms with E-state index in [2.05, 4.69) is 0 Å². The van der Waals surface area contributed by atoms with Crippen LogP contribution in [0.25, 0.3) is 0 Å². The van der Waals surface area contributed by atoms with Gasteiger partial charge in [-0.15, -0.1) is 0 Å². The third kappa shape index (κ3) is 8.13. The van der Waals surface area contributed by atoms with Crippen molar-refractivity contribution in [3.63, 3.8) is 0 Å². The molecule has 0 bridgehead atoms.